The molecule has 0 aromatic heterocycles. The first-order valence-electron chi connectivity index (χ1n) is 16.9. The smallest absolute Gasteiger partial charge is 0.306 e. The van der Waals surface area contributed by atoms with Gasteiger partial charge in [-0.3, -0.25) is 4.79 Å². The molecule has 0 radical (unpaired) electrons. The second-order valence-corrected chi connectivity index (χ2v) is 13.3. The second-order valence-electron chi connectivity index (χ2n) is 13.3. The minimum Gasteiger partial charge on any atom is -0.456 e. The summed E-state index contributed by atoms with van der Waals surface area (Å²) in [4.78, 5) is 13.0. The molecule has 4 fully saturated rings. The Balaban J connectivity index is 1.43. The predicted molar refractivity (Wildman–Crippen MR) is 158 cm³/mol. The van der Waals surface area contributed by atoms with Crippen LogP contribution in [0.1, 0.15) is 105 Å². The Morgan fingerprint density at radius 2 is 1.61 bits per heavy atom. The molecule has 44 heavy (non-hydrogen) atoms. The highest BCUT2D eigenvalue weighted by atomic mass is 16.8. The predicted octanol–water partition coefficient (Wildman–Crippen LogP) is 4.66. The standard InChI is InChI=1S/C33H54O11/c1-6-7-13-16-22-17-14-11-9-8-10-12-15-18-24(34)41-28-25(35)31(40-23-19-36-21(3)38-27(23)28)42-30-29-26(43-33(4,5)44-29)20(2)37-32(30)39-22/h8-9,20-23,25-32,35H,6-7,10-19H2,1-5H3. The van der Waals surface area contributed by atoms with Crippen LogP contribution < -0.4 is 0 Å². The van der Waals surface area contributed by atoms with E-state index in [4.69, 9.17) is 42.6 Å². The molecule has 5 aliphatic heterocycles. The quantitative estimate of drug-likeness (QED) is 0.267. The molecule has 0 spiro atoms. The normalized spacial score (nSPS) is 43.8. The Hall–Kier alpha value is -1.15. The number of ether oxygens (including phenoxy) is 9. The summed E-state index contributed by atoms with van der Waals surface area (Å²) >= 11 is 0. The van der Waals surface area contributed by atoms with E-state index in [1.54, 1.807) is 6.92 Å². The van der Waals surface area contributed by atoms with E-state index < -0.39 is 73.4 Å². The second kappa shape index (κ2) is 15.6. The molecule has 0 aliphatic carbocycles. The van der Waals surface area contributed by atoms with Crippen molar-refractivity contribution in [1.82, 2.24) is 0 Å². The SMILES string of the molecule is CCCCCC1CCCC=CCCCCC(=O)OC2C(O)C(OC3COC(C)OC32)OC2C(O1)OC(C)C1OC(C)(C)OC12. The Labute approximate surface area is 262 Å². The number of carbonyl (C=O) groups excluding carboxylic acids is 1. The van der Waals surface area contributed by atoms with Gasteiger partial charge in [-0.15, -0.1) is 0 Å². The third-order valence-electron chi connectivity index (χ3n) is 9.11. The number of aliphatic hydroxyl groups is 1. The van der Waals surface area contributed by atoms with Crippen molar-refractivity contribution in [2.45, 2.75) is 185 Å². The number of aliphatic hydroxyl groups excluding tert-OH is 1. The maximum atomic E-state index is 13.0. The topological polar surface area (TPSA) is 120 Å². The maximum Gasteiger partial charge on any atom is 0.306 e. The zero-order valence-corrected chi connectivity index (χ0v) is 27.1. The summed E-state index contributed by atoms with van der Waals surface area (Å²) in [7, 11) is 0. The van der Waals surface area contributed by atoms with Gasteiger partial charge in [0.1, 0.15) is 36.6 Å². The van der Waals surface area contributed by atoms with Gasteiger partial charge in [0.2, 0.25) is 0 Å². The van der Waals surface area contributed by atoms with Crippen LogP contribution in [-0.2, 0) is 47.4 Å². The molecule has 0 saturated carbocycles. The van der Waals surface area contributed by atoms with Crippen molar-refractivity contribution in [3.05, 3.63) is 12.2 Å². The van der Waals surface area contributed by atoms with Crippen molar-refractivity contribution in [2.75, 3.05) is 6.61 Å². The highest BCUT2D eigenvalue weighted by Gasteiger charge is 2.58. The number of hydrogen-bond acceptors (Lipinski definition) is 11. The van der Waals surface area contributed by atoms with Crippen LogP contribution in [0.15, 0.2) is 12.2 Å². The summed E-state index contributed by atoms with van der Waals surface area (Å²) in [6.07, 6.45) is 5.94. The molecule has 11 nitrogen and oxygen atoms in total. The van der Waals surface area contributed by atoms with Crippen molar-refractivity contribution in [3.63, 3.8) is 0 Å². The first kappa shape index (κ1) is 34.2. The molecular weight excluding hydrogens is 572 g/mol. The fraction of sp³-hybridized carbons (Fsp3) is 0.909. The largest absolute Gasteiger partial charge is 0.456 e. The van der Waals surface area contributed by atoms with Gasteiger partial charge >= 0.3 is 5.97 Å². The van der Waals surface area contributed by atoms with Gasteiger partial charge in [0, 0.05) is 6.42 Å². The monoisotopic (exact) mass is 626 g/mol. The Morgan fingerprint density at radius 1 is 0.841 bits per heavy atom. The molecule has 0 aromatic rings. The average molecular weight is 627 g/mol. The lowest BCUT2D eigenvalue weighted by molar-refractivity contribution is -0.385. The van der Waals surface area contributed by atoms with E-state index in [1.807, 2.05) is 20.8 Å². The molecule has 0 aromatic carbocycles. The number of esters is 1. The van der Waals surface area contributed by atoms with Gasteiger partial charge in [0.25, 0.3) is 0 Å². The molecule has 4 saturated heterocycles. The van der Waals surface area contributed by atoms with Crippen LogP contribution in [0.5, 0.6) is 0 Å². The van der Waals surface area contributed by atoms with E-state index in [2.05, 4.69) is 19.1 Å². The van der Waals surface area contributed by atoms with Crippen molar-refractivity contribution in [1.29, 1.82) is 0 Å². The number of carbonyl (C=O) groups is 1. The highest BCUT2D eigenvalue weighted by Crippen LogP contribution is 2.41. The van der Waals surface area contributed by atoms with Crippen LogP contribution in [-0.4, -0.2) is 97.3 Å². The fourth-order valence-corrected chi connectivity index (χ4v) is 6.83. The van der Waals surface area contributed by atoms with Gasteiger partial charge in [-0.05, 0) is 72.6 Å². The van der Waals surface area contributed by atoms with Crippen molar-refractivity contribution >= 4 is 5.97 Å². The zero-order chi connectivity index (χ0) is 31.3. The van der Waals surface area contributed by atoms with Crippen LogP contribution in [0.3, 0.4) is 0 Å². The lowest BCUT2D eigenvalue weighted by Crippen LogP contribution is -2.66. The summed E-state index contributed by atoms with van der Waals surface area (Å²) in [5.74, 6) is -1.25. The molecule has 11 heteroatoms. The van der Waals surface area contributed by atoms with Crippen LogP contribution in [0.25, 0.3) is 0 Å². The average Bonchev–Trinajstić information content (AvgIpc) is 3.31. The number of hydrogen-bond donors (Lipinski definition) is 1. The van der Waals surface area contributed by atoms with E-state index in [0.29, 0.717) is 6.42 Å². The molecule has 5 aliphatic rings. The van der Waals surface area contributed by atoms with Crippen molar-refractivity contribution in [3.8, 4) is 0 Å². The molecule has 1 N–H and O–H groups in total. The van der Waals surface area contributed by atoms with Crippen molar-refractivity contribution < 1.29 is 52.5 Å². The molecule has 5 rings (SSSR count). The van der Waals surface area contributed by atoms with E-state index in [9.17, 15) is 9.90 Å². The lowest BCUT2D eigenvalue weighted by atomic mass is 9.96. The molecule has 5 heterocycles. The number of fused-ring (bicyclic) bond motifs is 7. The van der Waals surface area contributed by atoms with Gasteiger partial charge in [0.05, 0.1) is 18.8 Å². The molecule has 0 amide bonds. The molecule has 2 bridgehead atoms. The summed E-state index contributed by atoms with van der Waals surface area (Å²) in [6, 6.07) is 0. The summed E-state index contributed by atoms with van der Waals surface area (Å²) in [6.45, 7) is 9.85. The Bertz CT molecular complexity index is 943. The van der Waals surface area contributed by atoms with Crippen LogP contribution in [0, 0.1) is 0 Å². The van der Waals surface area contributed by atoms with Crippen LogP contribution in [0.4, 0.5) is 0 Å². The first-order chi connectivity index (χ1) is 21.1. The molecular formula is C33H54O11. The van der Waals surface area contributed by atoms with E-state index >= 15 is 0 Å². The van der Waals surface area contributed by atoms with Gasteiger partial charge in [0.15, 0.2) is 30.8 Å². The van der Waals surface area contributed by atoms with Crippen molar-refractivity contribution in [2.24, 2.45) is 0 Å². The molecule has 12 atom stereocenters. The summed E-state index contributed by atoms with van der Waals surface area (Å²) in [5.41, 5.74) is 0. The van der Waals surface area contributed by atoms with E-state index in [0.717, 1.165) is 57.8 Å². The molecule has 252 valence electrons. The minimum atomic E-state index is -1.33. The van der Waals surface area contributed by atoms with E-state index in [-0.39, 0.29) is 25.2 Å². The maximum absolute atomic E-state index is 13.0. The summed E-state index contributed by atoms with van der Waals surface area (Å²) in [5, 5.41) is 11.6. The Kier molecular flexibility index (Phi) is 12.1. The van der Waals surface area contributed by atoms with Gasteiger partial charge in [-0.1, -0.05) is 38.3 Å². The number of rotatable bonds is 4. The third-order valence-corrected chi connectivity index (χ3v) is 9.11. The summed E-state index contributed by atoms with van der Waals surface area (Å²) < 4.78 is 56.3. The van der Waals surface area contributed by atoms with E-state index in [1.165, 1.54) is 0 Å². The highest BCUT2D eigenvalue weighted by molar-refractivity contribution is 5.69. The first-order valence-corrected chi connectivity index (χ1v) is 16.9. The van der Waals surface area contributed by atoms with Gasteiger partial charge < -0.3 is 47.7 Å². The molecule has 12 unspecified atom stereocenters. The third kappa shape index (κ3) is 8.60. The minimum absolute atomic E-state index is 0.0378. The fourth-order valence-electron chi connectivity index (χ4n) is 6.83. The van der Waals surface area contributed by atoms with Gasteiger partial charge in [-0.25, -0.2) is 0 Å². The van der Waals surface area contributed by atoms with Crippen LogP contribution >= 0.6 is 0 Å². The zero-order valence-electron chi connectivity index (χ0n) is 27.1. The van der Waals surface area contributed by atoms with Crippen LogP contribution in [0.2, 0.25) is 0 Å². The Morgan fingerprint density at radius 3 is 2.41 bits per heavy atom. The van der Waals surface area contributed by atoms with Gasteiger partial charge in [-0.2, -0.15) is 0 Å². The number of allylic oxidation sites excluding steroid dienone is 2. The lowest BCUT2D eigenvalue weighted by Gasteiger charge is -2.49. The number of unbranched alkanes of at least 4 members (excludes halogenated alkanes) is 2.